The number of hydrogen-bond donors (Lipinski definition) is 1. The van der Waals surface area contributed by atoms with Crippen LogP contribution in [0.25, 0.3) is 0 Å². The third-order valence-electron chi connectivity index (χ3n) is 5.77. The molecule has 1 N–H and O–H groups in total. The fourth-order valence-corrected chi connectivity index (χ4v) is 5.15. The topological polar surface area (TPSA) is 74.1 Å². The first-order chi connectivity index (χ1) is 17.4. The Morgan fingerprint density at radius 3 is 2.31 bits per heavy atom. The van der Waals surface area contributed by atoms with E-state index in [0.717, 1.165) is 28.6 Å². The molecule has 3 aromatic carbocycles. The Bertz CT molecular complexity index is 1360. The van der Waals surface area contributed by atoms with E-state index in [-0.39, 0.29) is 24.2 Å². The number of hydrazone groups is 1. The van der Waals surface area contributed by atoms with E-state index in [2.05, 4.69) is 10.3 Å². The Hall–Kier alpha value is -3.56. The van der Waals surface area contributed by atoms with Gasteiger partial charge < -0.3 is 5.32 Å². The first kappa shape index (κ1) is 24.1. The number of amides is 2. The molecule has 10 heteroatoms. The van der Waals surface area contributed by atoms with E-state index in [0.29, 0.717) is 22.3 Å². The maximum absolute atomic E-state index is 13.6. The molecule has 5 rings (SSSR count). The van der Waals surface area contributed by atoms with E-state index in [1.807, 2.05) is 12.1 Å². The maximum Gasteiger partial charge on any atom is 0.262 e. The molecule has 0 bridgehead atoms. The fourth-order valence-electron chi connectivity index (χ4n) is 3.97. The highest BCUT2D eigenvalue weighted by Crippen LogP contribution is 2.38. The second-order valence-corrected chi connectivity index (χ2v) is 9.87. The summed E-state index contributed by atoms with van der Waals surface area (Å²) >= 11 is 7.19. The number of carbonyl (C=O) groups excluding carboxylic acids is 2. The molecule has 3 aromatic rings. The summed E-state index contributed by atoms with van der Waals surface area (Å²) in [4.78, 5) is 29.4. The maximum atomic E-state index is 13.6. The average Bonchev–Trinajstić information content (AvgIpc) is 3.45. The van der Waals surface area contributed by atoms with Gasteiger partial charge in [0.25, 0.3) is 5.91 Å². The lowest BCUT2D eigenvalue weighted by atomic mass is 9.98. The normalized spacial score (nSPS) is 19.3. The summed E-state index contributed by atoms with van der Waals surface area (Å²) in [5.41, 5.74) is 2.90. The number of aliphatic imine (C=N–C) groups is 1. The molecule has 182 valence electrons. The van der Waals surface area contributed by atoms with Gasteiger partial charge in [-0.05, 0) is 59.7 Å². The molecule has 0 saturated heterocycles. The zero-order valence-corrected chi connectivity index (χ0v) is 20.3. The number of thioether (sulfide) groups is 1. The van der Waals surface area contributed by atoms with E-state index >= 15 is 0 Å². The van der Waals surface area contributed by atoms with Crippen LogP contribution in [0.4, 0.5) is 14.5 Å². The molecule has 0 unspecified atom stereocenters. The zero-order chi connectivity index (χ0) is 25.2. The summed E-state index contributed by atoms with van der Waals surface area (Å²) in [5, 5.41) is 9.33. The van der Waals surface area contributed by atoms with Crippen molar-refractivity contribution in [1.29, 1.82) is 0 Å². The summed E-state index contributed by atoms with van der Waals surface area (Å²) in [5.74, 6) is -1.58. The van der Waals surface area contributed by atoms with Crippen molar-refractivity contribution in [3.8, 4) is 0 Å². The smallest absolute Gasteiger partial charge is 0.262 e. The van der Waals surface area contributed by atoms with Crippen molar-refractivity contribution in [1.82, 2.24) is 5.01 Å². The molecule has 0 spiro atoms. The summed E-state index contributed by atoms with van der Waals surface area (Å²) in [6.07, 6.45) is 0.410. The van der Waals surface area contributed by atoms with Gasteiger partial charge in [0.1, 0.15) is 16.9 Å². The highest BCUT2D eigenvalue weighted by atomic mass is 35.5. The Balaban J connectivity index is 1.35. The quantitative estimate of drug-likeness (QED) is 0.458. The van der Waals surface area contributed by atoms with Crippen molar-refractivity contribution in [2.75, 3.05) is 5.32 Å². The monoisotopic (exact) mass is 524 g/mol. The number of rotatable bonds is 5. The van der Waals surface area contributed by atoms with Crippen LogP contribution < -0.4 is 5.32 Å². The van der Waals surface area contributed by atoms with Crippen LogP contribution >= 0.6 is 23.4 Å². The molecule has 2 aliphatic rings. The molecule has 0 aromatic heterocycles. The number of halogens is 3. The molecule has 0 aliphatic carbocycles. The van der Waals surface area contributed by atoms with Gasteiger partial charge in [-0.15, -0.1) is 0 Å². The second kappa shape index (κ2) is 10.2. The van der Waals surface area contributed by atoms with Gasteiger partial charge in [-0.3, -0.25) is 9.59 Å². The molecule has 36 heavy (non-hydrogen) atoms. The van der Waals surface area contributed by atoms with Gasteiger partial charge in [0, 0.05) is 23.6 Å². The van der Waals surface area contributed by atoms with Gasteiger partial charge in [0.15, 0.2) is 5.17 Å². The van der Waals surface area contributed by atoms with Gasteiger partial charge >= 0.3 is 0 Å². The number of hydrogen-bond acceptors (Lipinski definition) is 5. The third-order valence-corrected chi connectivity index (χ3v) is 7.16. The van der Waals surface area contributed by atoms with Crippen LogP contribution in [0, 0.1) is 11.6 Å². The van der Waals surface area contributed by atoms with Gasteiger partial charge in [-0.2, -0.15) is 10.1 Å². The highest BCUT2D eigenvalue weighted by Gasteiger charge is 2.39. The molecular formula is C26H19ClF2N4O2S. The summed E-state index contributed by atoms with van der Waals surface area (Å²) in [7, 11) is 0. The Morgan fingerprint density at radius 1 is 1.00 bits per heavy atom. The van der Waals surface area contributed by atoms with Crippen LogP contribution in [-0.2, 0) is 9.59 Å². The minimum absolute atomic E-state index is 0.101. The molecule has 0 fully saturated rings. The van der Waals surface area contributed by atoms with Gasteiger partial charge in [-0.1, -0.05) is 47.6 Å². The van der Waals surface area contributed by atoms with Crippen molar-refractivity contribution >= 4 is 51.7 Å². The van der Waals surface area contributed by atoms with Crippen molar-refractivity contribution in [3.05, 3.63) is 101 Å². The number of benzene rings is 3. The molecule has 2 heterocycles. The minimum atomic E-state index is -0.718. The predicted molar refractivity (Wildman–Crippen MR) is 137 cm³/mol. The second-order valence-electron chi connectivity index (χ2n) is 8.27. The number of nitrogens with one attached hydrogen (secondary N) is 1. The molecule has 0 radical (unpaired) electrons. The number of amidine groups is 1. The Kier molecular flexibility index (Phi) is 6.84. The standard InChI is InChI=1S/C26H19ClF2N4O2S/c27-17-5-1-15(2-6-17)21-13-22(16-3-7-18(28)8-4-16)33(32-21)26-31-25(35)23(36-26)14-24(34)30-20-11-9-19(29)10-12-20/h1-12,22-23H,13-14H2,(H,30,34)/t22-,23+/m1/s1. The molecule has 2 aliphatic heterocycles. The predicted octanol–water partition coefficient (Wildman–Crippen LogP) is 5.80. The van der Waals surface area contributed by atoms with E-state index in [4.69, 9.17) is 16.7 Å². The van der Waals surface area contributed by atoms with Crippen LogP contribution in [0.15, 0.2) is 82.9 Å². The molecule has 6 nitrogen and oxygen atoms in total. The molecular weight excluding hydrogens is 506 g/mol. The van der Waals surface area contributed by atoms with Crippen molar-refractivity contribution in [2.24, 2.45) is 10.1 Å². The van der Waals surface area contributed by atoms with Crippen molar-refractivity contribution in [3.63, 3.8) is 0 Å². The van der Waals surface area contributed by atoms with Crippen LogP contribution in [0.3, 0.4) is 0 Å². The first-order valence-electron chi connectivity index (χ1n) is 11.1. The number of carbonyl (C=O) groups is 2. The SMILES string of the molecule is O=C(C[C@@H]1SC(N2N=C(c3ccc(Cl)cc3)C[C@@H]2c2ccc(F)cc2)=NC1=O)Nc1ccc(F)cc1. The molecule has 0 saturated carbocycles. The van der Waals surface area contributed by atoms with Crippen LogP contribution in [0.1, 0.15) is 30.0 Å². The molecule has 2 atom stereocenters. The third kappa shape index (κ3) is 5.32. The summed E-state index contributed by atoms with van der Waals surface area (Å²) in [6.45, 7) is 0. The van der Waals surface area contributed by atoms with Gasteiger partial charge in [0.05, 0.1) is 11.8 Å². The van der Waals surface area contributed by atoms with E-state index in [1.165, 1.54) is 36.4 Å². The zero-order valence-electron chi connectivity index (χ0n) is 18.7. The summed E-state index contributed by atoms with van der Waals surface area (Å²) < 4.78 is 26.7. The van der Waals surface area contributed by atoms with Crippen LogP contribution in [0.2, 0.25) is 5.02 Å². The first-order valence-corrected chi connectivity index (χ1v) is 12.3. The minimum Gasteiger partial charge on any atom is -0.326 e. The van der Waals surface area contributed by atoms with Crippen molar-refractivity contribution < 1.29 is 18.4 Å². The Labute approximate surface area is 215 Å². The van der Waals surface area contributed by atoms with E-state index in [9.17, 15) is 18.4 Å². The lowest BCUT2D eigenvalue weighted by molar-refractivity contribution is -0.121. The van der Waals surface area contributed by atoms with Crippen molar-refractivity contribution in [2.45, 2.75) is 24.1 Å². The lowest BCUT2D eigenvalue weighted by Gasteiger charge is -2.23. The largest absolute Gasteiger partial charge is 0.326 e. The van der Waals surface area contributed by atoms with Gasteiger partial charge in [0.2, 0.25) is 5.91 Å². The van der Waals surface area contributed by atoms with E-state index in [1.54, 1.807) is 29.3 Å². The summed E-state index contributed by atoms with van der Waals surface area (Å²) in [6, 6.07) is 18.5. The lowest BCUT2D eigenvalue weighted by Crippen LogP contribution is -2.25. The fraction of sp³-hybridized carbons (Fsp3) is 0.154. The number of nitrogens with zero attached hydrogens (tertiary/aromatic N) is 3. The molecule has 2 amide bonds. The van der Waals surface area contributed by atoms with Gasteiger partial charge in [-0.25, -0.2) is 13.8 Å². The Morgan fingerprint density at radius 2 is 1.64 bits per heavy atom. The highest BCUT2D eigenvalue weighted by molar-refractivity contribution is 8.15. The van der Waals surface area contributed by atoms with Crippen LogP contribution in [-0.4, -0.2) is 33.0 Å². The van der Waals surface area contributed by atoms with Crippen LogP contribution in [0.5, 0.6) is 0 Å². The van der Waals surface area contributed by atoms with E-state index < -0.39 is 17.0 Å². The number of anilines is 1. The average molecular weight is 525 g/mol.